The summed E-state index contributed by atoms with van der Waals surface area (Å²) in [6.07, 6.45) is 1.07. The number of nitrogens with zero attached hydrogens (tertiary/aromatic N) is 1. The van der Waals surface area contributed by atoms with Crippen LogP contribution in [0.5, 0.6) is 0 Å². The zero-order chi connectivity index (χ0) is 13.8. The molecule has 1 aromatic heterocycles. The van der Waals surface area contributed by atoms with Crippen LogP contribution in [0.3, 0.4) is 0 Å². The number of nitrogens with one attached hydrogen (secondary N) is 1. The summed E-state index contributed by atoms with van der Waals surface area (Å²) in [7, 11) is 0. The third kappa shape index (κ3) is 2.94. The smallest absolute Gasteiger partial charge is 0.0734 e. The van der Waals surface area contributed by atoms with Gasteiger partial charge in [-0.15, -0.1) is 11.3 Å². The molecule has 1 rings (SSSR count). The Hall–Kier alpha value is -0.420. The first kappa shape index (κ1) is 15.6. The summed E-state index contributed by atoms with van der Waals surface area (Å²) >= 11 is 1.83. The molecule has 0 saturated carbocycles. The number of rotatable bonds is 7. The van der Waals surface area contributed by atoms with Gasteiger partial charge in [0.2, 0.25) is 0 Å². The Morgan fingerprint density at radius 2 is 1.94 bits per heavy atom. The van der Waals surface area contributed by atoms with Gasteiger partial charge in [0.05, 0.1) is 6.04 Å². The molecule has 0 saturated heterocycles. The number of likely N-dealkylation sites (N-methyl/N-ethyl adjacent to an activating group) is 1. The van der Waals surface area contributed by atoms with Crippen LogP contribution in [0.15, 0.2) is 12.1 Å². The number of hydrazine groups is 1. The molecule has 1 aromatic rings. The van der Waals surface area contributed by atoms with Crippen LogP contribution in [0.1, 0.15) is 49.9 Å². The number of hydrogen-bond acceptors (Lipinski definition) is 4. The molecule has 0 aliphatic rings. The third-order valence-corrected chi connectivity index (χ3v) is 5.10. The molecule has 0 fully saturated rings. The Labute approximate surface area is 115 Å². The Morgan fingerprint density at radius 1 is 1.33 bits per heavy atom. The van der Waals surface area contributed by atoms with Crippen LogP contribution in [0.4, 0.5) is 0 Å². The highest BCUT2D eigenvalue weighted by atomic mass is 32.1. The van der Waals surface area contributed by atoms with Crippen molar-refractivity contribution in [3.8, 4) is 0 Å². The minimum Gasteiger partial charge on any atom is -0.297 e. The molecule has 0 aromatic carbocycles. The van der Waals surface area contributed by atoms with E-state index < -0.39 is 0 Å². The summed E-state index contributed by atoms with van der Waals surface area (Å²) in [5.74, 6) is 5.85. The van der Waals surface area contributed by atoms with Crippen LogP contribution in [-0.4, -0.2) is 23.5 Å². The largest absolute Gasteiger partial charge is 0.297 e. The van der Waals surface area contributed by atoms with Crippen LogP contribution < -0.4 is 11.3 Å². The van der Waals surface area contributed by atoms with Gasteiger partial charge in [0, 0.05) is 15.3 Å². The van der Waals surface area contributed by atoms with E-state index in [-0.39, 0.29) is 11.6 Å². The van der Waals surface area contributed by atoms with E-state index in [1.807, 2.05) is 11.3 Å². The van der Waals surface area contributed by atoms with Gasteiger partial charge < -0.3 is 0 Å². The molecular formula is C14H27N3S. The van der Waals surface area contributed by atoms with Gasteiger partial charge in [-0.05, 0) is 45.5 Å². The van der Waals surface area contributed by atoms with Crippen molar-refractivity contribution in [3.05, 3.63) is 21.9 Å². The standard InChI is InChI=1S/C14H27N3S/c1-6-14(5,17(7-2)8-3)13(16-15)12-10-9-11(4)18-12/h9-10,13,16H,6-8,15H2,1-5H3. The van der Waals surface area contributed by atoms with Crippen molar-refractivity contribution in [2.75, 3.05) is 13.1 Å². The highest BCUT2D eigenvalue weighted by Gasteiger charge is 2.38. The first-order valence-corrected chi connectivity index (χ1v) is 7.62. The minimum absolute atomic E-state index is 0.0511. The first-order valence-electron chi connectivity index (χ1n) is 6.80. The van der Waals surface area contributed by atoms with Crippen molar-refractivity contribution in [2.24, 2.45) is 5.84 Å². The Morgan fingerprint density at radius 3 is 2.28 bits per heavy atom. The summed E-state index contributed by atoms with van der Waals surface area (Å²) < 4.78 is 0. The van der Waals surface area contributed by atoms with Crippen LogP contribution in [0, 0.1) is 6.92 Å². The van der Waals surface area contributed by atoms with Crippen molar-refractivity contribution in [3.63, 3.8) is 0 Å². The van der Waals surface area contributed by atoms with Crippen LogP contribution in [-0.2, 0) is 0 Å². The number of nitrogens with two attached hydrogens (primary N) is 1. The fourth-order valence-electron chi connectivity index (χ4n) is 2.73. The van der Waals surface area contributed by atoms with Gasteiger partial charge in [-0.25, -0.2) is 0 Å². The van der Waals surface area contributed by atoms with Gasteiger partial charge in [-0.2, -0.15) is 0 Å². The molecule has 0 radical (unpaired) electrons. The third-order valence-electron chi connectivity index (χ3n) is 4.04. The zero-order valence-electron chi connectivity index (χ0n) is 12.3. The van der Waals surface area contributed by atoms with E-state index in [9.17, 15) is 0 Å². The van der Waals surface area contributed by atoms with Crippen molar-refractivity contribution in [1.82, 2.24) is 10.3 Å². The lowest BCUT2D eigenvalue weighted by molar-refractivity contribution is 0.0711. The average Bonchev–Trinajstić information content (AvgIpc) is 2.78. The molecule has 18 heavy (non-hydrogen) atoms. The molecule has 0 amide bonds. The second-order valence-corrected chi connectivity index (χ2v) is 6.25. The molecule has 0 spiro atoms. The molecule has 2 atom stereocenters. The number of hydrogen-bond donors (Lipinski definition) is 2. The highest BCUT2D eigenvalue weighted by Crippen LogP contribution is 2.36. The maximum atomic E-state index is 5.85. The quantitative estimate of drug-likeness (QED) is 0.590. The van der Waals surface area contributed by atoms with E-state index in [0.717, 1.165) is 19.5 Å². The molecule has 1 heterocycles. The van der Waals surface area contributed by atoms with E-state index >= 15 is 0 Å². The molecule has 4 heteroatoms. The highest BCUT2D eigenvalue weighted by molar-refractivity contribution is 7.12. The monoisotopic (exact) mass is 269 g/mol. The molecule has 0 aliphatic carbocycles. The van der Waals surface area contributed by atoms with Crippen LogP contribution in [0.25, 0.3) is 0 Å². The van der Waals surface area contributed by atoms with Crippen molar-refractivity contribution >= 4 is 11.3 Å². The Kier molecular flexibility index (Phi) is 5.79. The van der Waals surface area contributed by atoms with Crippen molar-refractivity contribution < 1.29 is 0 Å². The average molecular weight is 269 g/mol. The topological polar surface area (TPSA) is 41.3 Å². The zero-order valence-corrected chi connectivity index (χ0v) is 13.1. The lowest BCUT2D eigenvalue weighted by Gasteiger charge is -2.45. The summed E-state index contributed by atoms with van der Waals surface area (Å²) in [5.41, 5.74) is 3.09. The van der Waals surface area contributed by atoms with E-state index in [0.29, 0.717) is 0 Å². The minimum atomic E-state index is 0.0511. The molecule has 2 unspecified atom stereocenters. The van der Waals surface area contributed by atoms with Crippen molar-refractivity contribution in [1.29, 1.82) is 0 Å². The lowest BCUT2D eigenvalue weighted by atomic mass is 9.86. The van der Waals surface area contributed by atoms with Gasteiger partial charge >= 0.3 is 0 Å². The fourth-order valence-corrected chi connectivity index (χ4v) is 3.82. The molecule has 3 nitrogen and oxygen atoms in total. The van der Waals surface area contributed by atoms with Gasteiger partial charge in [-0.3, -0.25) is 16.2 Å². The fraction of sp³-hybridized carbons (Fsp3) is 0.714. The molecular weight excluding hydrogens is 242 g/mol. The predicted octanol–water partition coefficient (Wildman–Crippen LogP) is 3.07. The molecule has 0 bridgehead atoms. The van der Waals surface area contributed by atoms with Crippen molar-refractivity contribution in [2.45, 2.75) is 52.6 Å². The number of aryl methyl sites for hydroxylation is 1. The normalized spacial score (nSPS) is 16.8. The summed E-state index contributed by atoms with van der Waals surface area (Å²) in [5, 5.41) is 0. The molecule has 0 aliphatic heterocycles. The second kappa shape index (κ2) is 6.66. The van der Waals surface area contributed by atoms with Crippen LogP contribution >= 0.6 is 11.3 Å². The summed E-state index contributed by atoms with van der Waals surface area (Å²) in [4.78, 5) is 5.15. The SMILES string of the molecule is CCN(CC)C(C)(CC)C(NN)c1ccc(C)s1. The maximum Gasteiger partial charge on any atom is 0.0734 e. The van der Waals surface area contributed by atoms with E-state index in [1.165, 1.54) is 9.75 Å². The first-order chi connectivity index (χ1) is 8.53. The summed E-state index contributed by atoms with van der Waals surface area (Å²) in [6, 6.07) is 4.55. The molecule has 3 N–H and O–H groups in total. The Balaban J connectivity index is 3.10. The second-order valence-electron chi connectivity index (χ2n) is 4.93. The van der Waals surface area contributed by atoms with Gasteiger partial charge in [0.1, 0.15) is 0 Å². The van der Waals surface area contributed by atoms with Gasteiger partial charge in [0.15, 0.2) is 0 Å². The van der Waals surface area contributed by atoms with Gasteiger partial charge in [0.25, 0.3) is 0 Å². The van der Waals surface area contributed by atoms with Crippen LogP contribution in [0.2, 0.25) is 0 Å². The van der Waals surface area contributed by atoms with Gasteiger partial charge in [-0.1, -0.05) is 20.8 Å². The lowest BCUT2D eigenvalue weighted by Crippen LogP contribution is -2.55. The van der Waals surface area contributed by atoms with E-state index in [1.54, 1.807) is 0 Å². The summed E-state index contributed by atoms with van der Waals surface area (Å²) in [6.45, 7) is 13.2. The van der Waals surface area contributed by atoms with E-state index in [4.69, 9.17) is 5.84 Å². The Bertz CT molecular complexity index is 360. The van der Waals surface area contributed by atoms with E-state index in [2.05, 4.69) is 57.1 Å². The molecule has 104 valence electrons. The predicted molar refractivity (Wildman–Crippen MR) is 80.7 cm³/mol. The number of thiophene rings is 1. The maximum absolute atomic E-state index is 5.85.